The SMILES string of the molecule is CCC1CCCC(NC/C=C/CNC(=O)OC(C)(C)C)CC1. The van der Waals surface area contributed by atoms with E-state index in [1.807, 2.05) is 26.8 Å². The van der Waals surface area contributed by atoms with Crippen LogP contribution in [0.2, 0.25) is 0 Å². The summed E-state index contributed by atoms with van der Waals surface area (Å²) >= 11 is 0. The van der Waals surface area contributed by atoms with Crippen molar-refractivity contribution in [3.63, 3.8) is 0 Å². The lowest BCUT2D eigenvalue weighted by atomic mass is 9.98. The molecule has 0 aromatic carbocycles. The number of carbonyl (C=O) groups excluding carboxylic acids is 1. The first-order valence-corrected chi connectivity index (χ1v) is 8.76. The number of amides is 1. The summed E-state index contributed by atoms with van der Waals surface area (Å²) in [4.78, 5) is 11.5. The van der Waals surface area contributed by atoms with Crippen LogP contribution in [0.5, 0.6) is 0 Å². The molecule has 4 nitrogen and oxygen atoms in total. The van der Waals surface area contributed by atoms with Crippen molar-refractivity contribution in [2.45, 2.75) is 77.9 Å². The molecule has 2 unspecified atom stereocenters. The van der Waals surface area contributed by atoms with Crippen molar-refractivity contribution in [3.05, 3.63) is 12.2 Å². The number of hydrogen-bond donors (Lipinski definition) is 2. The van der Waals surface area contributed by atoms with E-state index in [-0.39, 0.29) is 6.09 Å². The Morgan fingerprint density at radius 3 is 2.55 bits per heavy atom. The van der Waals surface area contributed by atoms with Crippen LogP contribution in [0.15, 0.2) is 12.2 Å². The summed E-state index contributed by atoms with van der Waals surface area (Å²) in [7, 11) is 0. The molecule has 1 amide bonds. The van der Waals surface area contributed by atoms with Crippen LogP contribution in [0.25, 0.3) is 0 Å². The van der Waals surface area contributed by atoms with E-state index in [0.29, 0.717) is 12.6 Å². The molecule has 0 heterocycles. The fourth-order valence-electron chi connectivity index (χ4n) is 2.85. The first-order valence-electron chi connectivity index (χ1n) is 8.76. The van der Waals surface area contributed by atoms with Gasteiger partial charge in [0.25, 0.3) is 0 Å². The van der Waals surface area contributed by atoms with Gasteiger partial charge in [0, 0.05) is 19.1 Å². The van der Waals surface area contributed by atoms with Crippen LogP contribution < -0.4 is 10.6 Å². The van der Waals surface area contributed by atoms with Crippen molar-refractivity contribution in [1.29, 1.82) is 0 Å². The van der Waals surface area contributed by atoms with E-state index < -0.39 is 5.60 Å². The van der Waals surface area contributed by atoms with E-state index in [4.69, 9.17) is 4.74 Å². The van der Waals surface area contributed by atoms with Gasteiger partial charge in [0.2, 0.25) is 0 Å². The van der Waals surface area contributed by atoms with E-state index in [1.165, 1.54) is 38.5 Å². The van der Waals surface area contributed by atoms with Gasteiger partial charge in [0.05, 0.1) is 0 Å². The summed E-state index contributed by atoms with van der Waals surface area (Å²) < 4.78 is 5.17. The van der Waals surface area contributed by atoms with Gasteiger partial charge in [-0.25, -0.2) is 4.79 Å². The number of hydrogen-bond acceptors (Lipinski definition) is 3. The van der Waals surface area contributed by atoms with Gasteiger partial charge in [-0.1, -0.05) is 38.3 Å². The molecule has 0 aliphatic heterocycles. The number of nitrogens with one attached hydrogen (secondary N) is 2. The largest absolute Gasteiger partial charge is 0.444 e. The normalized spacial score (nSPS) is 23.3. The summed E-state index contributed by atoms with van der Waals surface area (Å²) in [6, 6.07) is 0.653. The van der Waals surface area contributed by atoms with Crippen LogP contribution in [-0.2, 0) is 4.74 Å². The number of carbonyl (C=O) groups is 1. The maximum atomic E-state index is 11.5. The molecular formula is C18H34N2O2. The molecule has 0 saturated heterocycles. The van der Waals surface area contributed by atoms with E-state index in [9.17, 15) is 4.79 Å². The van der Waals surface area contributed by atoms with E-state index >= 15 is 0 Å². The van der Waals surface area contributed by atoms with Crippen molar-refractivity contribution in [2.24, 2.45) is 5.92 Å². The minimum absolute atomic E-state index is 0.362. The Morgan fingerprint density at radius 2 is 1.86 bits per heavy atom. The molecule has 1 fully saturated rings. The first-order chi connectivity index (χ1) is 10.4. The second-order valence-electron chi connectivity index (χ2n) is 7.24. The minimum atomic E-state index is -0.439. The molecule has 1 aliphatic rings. The second kappa shape index (κ2) is 9.88. The molecule has 4 heteroatoms. The van der Waals surface area contributed by atoms with Gasteiger partial charge in [0.1, 0.15) is 5.60 Å². The highest BCUT2D eigenvalue weighted by molar-refractivity contribution is 5.67. The van der Waals surface area contributed by atoms with Crippen molar-refractivity contribution < 1.29 is 9.53 Å². The molecule has 0 spiro atoms. The van der Waals surface area contributed by atoms with Gasteiger partial charge in [0.15, 0.2) is 0 Å². The number of rotatable bonds is 6. The highest BCUT2D eigenvalue weighted by Crippen LogP contribution is 2.25. The molecule has 2 N–H and O–H groups in total. The summed E-state index contributed by atoms with van der Waals surface area (Å²) in [5.41, 5.74) is -0.439. The maximum absolute atomic E-state index is 11.5. The highest BCUT2D eigenvalue weighted by atomic mass is 16.6. The number of alkyl carbamates (subject to hydrolysis) is 1. The molecule has 2 atom stereocenters. The Morgan fingerprint density at radius 1 is 1.14 bits per heavy atom. The molecule has 1 rings (SSSR count). The van der Waals surface area contributed by atoms with Crippen LogP contribution in [0.4, 0.5) is 4.79 Å². The third-order valence-corrected chi connectivity index (χ3v) is 4.12. The third kappa shape index (κ3) is 9.08. The van der Waals surface area contributed by atoms with Crippen molar-refractivity contribution in [3.8, 4) is 0 Å². The van der Waals surface area contributed by atoms with E-state index in [1.54, 1.807) is 0 Å². The quantitative estimate of drug-likeness (QED) is 0.575. The molecule has 22 heavy (non-hydrogen) atoms. The molecule has 128 valence electrons. The van der Waals surface area contributed by atoms with Crippen molar-refractivity contribution in [1.82, 2.24) is 10.6 Å². The Hall–Kier alpha value is -1.03. The fourth-order valence-corrected chi connectivity index (χ4v) is 2.85. The average molecular weight is 310 g/mol. The van der Waals surface area contributed by atoms with Crippen LogP contribution >= 0.6 is 0 Å². The first kappa shape index (κ1) is 19.0. The molecule has 0 radical (unpaired) electrons. The van der Waals surface area contributed by atoms with Gasteiger partial charge in [-0.05, 0) is 46.0 Å². The highest BCUT2D eigenvalue weighted by Gasteiger charge is 2.17. The summed E-state index contributed by atoms with van der Waals surface area (Å²) in [5, 5.41) is 6.33. The van der Waals surface area contributed by atoms with E-state index in [2.05, 4.69) is 23.6 Å². The molecule has 0 aromatic heterocycles. The van der Waals surface area contributed by atoms with Crippen LogP contribution in [-0.4, -0.2) is 30.8 Å². The average Bonchev–Trinajstić information content (AvgIpc) is 2.65. The topological polar surface area (TPSA) is 50.4 Å². The lowest BCUT2D eigenvalue weighted by Gasteiger charge is -2.19. The Bertz CT molecular complexity index is 347. The zero-order valence-corrected chi connectivity index (χ0v) is 14.8. The zero-order chi connectivity index (χ0) is 16.4. The monoisotopic (exact) mass is 310 g/mol. The predicted molar refractivity (Wildman–Crippen MR) is 92.0 cm³/mol. The molecule has 1 aliphatic carbocycles. The van der Waals surface area contributed by atoms with Crippen LogP contribution in [0.3, 0.4) is 0 Å². The number of ether oxygens (including phenoxy) is 1. The molecule has 0 bridgehead atoms. The second-order valence-corrected chi connectivity index (χ2v) is 7.24. The summed E-state index contributed by atoms with van der Waals surface area (Å²) in [6.45, 7) is 9.28. The Kier molecular flexibility index (Phi) is 8.54. The summed E-state index contributed by atoms with van der Waals surface area (Å²) in [6.07, 6.45) is 11.7. The van der Waals surface area contributed by atoms with Crippen molar-refractivity contribution >= 4 is 6.09 Å². The lowest BCUT2D eigenvalue weighted by molar-refractivity contribution is 0.0534. The zero-order valence-electron chi connectivity index (χ0n) is 14.8. The smallest absolute Gasteiger partial charge is 0.407 e. The minimum Gasteiger partial charge on any atom is -0.444 e. The van der Waals surface area contributed by atoms with Gasteiger partial charge in [-0.3, -0.25) is 0 Å². The maximum Gasteiger partial charge on any atom is 0.407 e. The van der Waals surface area contributed by atoms with Crippen LogP contribution in [0.1, 0.15) is 66.2 Å². The van der Waals surface area contributed by atoms with Crippen molar-refractivity contribution in [2.75, 3.05) is 13.1 Å². The van der Waals surface area contributed by atoms with Gasteiger partial charge < -0.3 is 15.4 Å². The predicted octanol–water partition coefficient (Wildman–Crippen LogP) is 4.02. The fraction of sp³-hybridized carbons (Fsp3) is 0.833. The molecular weight excluding hydrogens is 276 g/mol. The van der Waals surface area contributed by atoms with Gasteiger partial charge in [-0.2, -0.15) is 0 Å². The molecule has 0 aromatic rings. The Labute approximate surface area is 136 Å². The van der Waals surface area contributed by atoms with Gasteiger partial charge in [-0.15, -0.1) is 0 Å². The van der Waals surface area contributed by atoms with Crippen LogP contribution in [0, 0.1) is 5.92 Å². The lowest BCUT2D eigenvalue weighted by Crippen LogP contribution is -2.32. The summed E-state index contributed by atoms with van der Waals surface area (Å²) in [5.74, 6) is 0.931. The molecule has 1 saturated carbocycles. The third-order valence-electron chi connectivity index (χ3n) is 4.12. The van der Waals surface area contributed by atoms with E-state index in [0.717, 1.165) is 12.5 Å². The van der Waals surface area contributed by atoms with Gasteiger partial charge >= 0.3 is 6.09 Å². The standard InChI is InChI=1S/C18H34N2O2/c1-5-15-9-8-10-16(12-11-15)19-13-6-7-14-20-17(21)22-18(2,3)4/h6-7,15-16,19H,5,8-14H2,1-4H3,(H,20,21)/b7-6+. The Balaban J connectivity index is 2.10.